The number of benzene rings is 1. The van der Waals surface area contributed by atoms with Crippen LogP contribution in [0.2, 0.25) is 0 Å². The fraction of sp³-hybridized carbons (Fsp3) is 0.667. The molecule has 0 unspecified atom stereocenters. The molecule has 1 saturated carbocycles. The van der Waals surface area contributed by atoms with Gasteiger partial charge in [0.15, 0.2) is 0 Å². The van der Waals surface area contributed by atoms with Gasteiger partial charge in [-0.3, -0.25) is 0 Å². The Hall–Kier alpha value is -0.500. The molecule has 1 saturated heterocycles. The topological polar surface area (TPSA) is 3.24 Å². The molecule has 3 rings (SSSR count). The lowest BCUT2D eigenvalue weighted by Gasteiger charge is -2.45. The molecule has 2 aliphatic rings. The molecule has 1 aromatic carbocycles. The van der Waals surface area contributed by atoms with Gasteiger partial charge in [-0.25, -0.2) is 0 Å². The van der Waals surface area contributed by atoms with Gasteiger partial charge in [-0.2, -0.15) is 0 Å². The molecule has 1 aliphatic heterocycles. The van der Waals surface area contributed by atoms with Crippen LogP contribution in [0.5, 0.6) is 0 Å². The summed E-state index contributed by atoms with van der Waals surface area (Å²) in [5, 5.41) is 0.964. The van der Waals surface area contributed by atoms with E-state index in [2.05, 4.69) is 46.0 Å². The van der Waals surface area contributed by atoms with Gasteiger partial charge in [0.1, 0.15) is 0 Å². The second kappa shape index (κ2) is 6.09. The number of anilines is 1. The van der Waals surface area contributed by atoms with Gasteiger partial charge in [-0.15, -0.1) is 0 Å². The van der Waals surface area contributed by atoms with Crippen molar-refractivity contribution in [1.29, 1.82) is 0 Å². The van der Waals surface area contributed by atoms with Crippen molar-refractivity contribution in [3.8, 4) is 0 Å². The van der Waals surface area contributed by atoms with Crippen LogP contribution in [0.4, 0.5) is 5.69 Å². The highest BCUT2D eigenvalue weighted by atomic mass is 79.9. The van der Waals surface area contributed by atoms with Gasteiger partial charge in [0.05, 0.1) is 0 Å². The Balaban J connectivity index is 1.71. The van der Waals surface area contributed by atoms with Crippen LogP contribution in [0, 0.1) is 12.3 Å². The maximum Gasteiger partial charge on any atom is 0.0407 e. The predicted molar refractivity (Wildman–Crippen MR) is 90.8 cm³/mol. The Kier molecular flexibility index (Phi) is 4.40. The summed E-state index contributed by atoms with van der Waals surface area (Å²) in [6.07, 6.45) is 10.2. The van der Waals surface area contributed by atoms with Gasteiger partial charge >= 0.3 is 0 Å². The second-order valence-corrected chi connectivity index (χ2v) is 7.37. The quantitative estimate of drug-likeness (QED) is 0.650. The number of alkyl halides is 1. The lowest BCUT2D eigenvalue weighted by Crippen LogP contribution is -2.41. The summed E-state index contributed by atoms with van der Waals surface area (Å²) in [7, 11) is 0. The summed E-state index contributed by atoms with van der Waals surface area (Å²) >= 11 is 3.65. The van der Waals surface area contributed by atoms with Gasteiger partial charge in [0.2, 0.25) is 0 Å². The summed E-state index contributed by atoms with van der Waals surface area (Å²) in [5.74, 6) is 0. The van der Waals surface area contributed by atoms with Crippen LogP contribution in [0.1, 0.15) is 56.1 Å². The van der Waals surface area contributed by atoms with Crippen molar-refractivity contribution in [2.75, 3.05) is 18.0 Å². The molecule has 110 valence electrons. The van der Waals surface area contributed by atoms with Crippen molar-refractivity contribution in [3.05, 3.63) is 29.3 Å². The number of rotatable bonds is 2. The summed E-state index contributed by atoms with van der Waals surface area (Å²) in [5.41, 5.74) is 4.97. The molecule has 0 N–H and O–H groups in total. The first kappa shape index (κ1) is 14.4. The van der Waals surface area contributed by atoms with E-state index in [0.717, 1.165) is 5.33 Å². The SMILES string of the molecule is Cc1ccc(N2CCC3(CCCCC3)CC2)c(CBr)c1. The molecule has 1 nitrogen and oxygen atoms in total. The normalized spacial score (nSPS) is 22.2. The highest BCUT2D eigenvalue weighted by Crippen LogP contribution is 2.45. The number of hydrogen-bond acceptors (Lipinski definition) is 1. The smallest absolute Gasteiger partial charge is 0.0407 e. The van der Waals surface area contributed by atoms with E-state index in [0.29, 0.717) is 5.41 Å². The van der Waals surface area contributed by atoms with Gasteiger partial charge in [-0.05, 0) is 49.7 Å². The van der Waals surface area contributed by atoms with Crippen molar-refractivity contribution in [2.45, 2.75) is 57.2 Å². The lowest BCUT2D eigenvalue weighted by atomic mass is 9.68. The van der Waals surface area contributed by atoms with E-state index in [1.165, 1.54) is 74.8 Å². The van der Waals surface area contributed by atoms with Crippen LogP contribution < -0.4 is 4.90 Å². The third-order valence-electron chi connectivity index (χ3n) is 5.46. The minimum Gasteiger partial charge on any atom is -0.371 e. The lowest BCUT2D eigenvalue weighted by molar-refractivity contribution is 0.144. The zero-order valence-electron chi connectivity index (χ0n) is 12.6. The zero-order chi connectivity index (χ0) is 14.0. The minimum absolute atomic E-state index is 0.702. The van der Waals surface area contributed by atoms with Crippen molar-refractivity contribution < 1.29 is 0 Å². The van der Waals surface area contributed by atoms with E-state index in [9.17, 15) is 0 Å². The van der Waals surface area contributed by atoms with Gasteiger partial charge < -0.3 is 4.90 Å². The fourth-order valence-electron chi connectivity index (χ4n) is 4.15. The molecule has 0 amide bonds. The number of halogens is 1. The number of piperidine rings is 1. The first-order valence-corrected chi connectivity index (χ1v) is 9.25. The van der Waals surface area contributed by atoms with E-state index in [4.69, 9.17) is 0 Å². The van der Waals surface area contributed by atoms with Gasteiger partial charge in [0.25, 0.3) is 0 Å². The first-order chi connectivity index (χ1) is 9.72. The molecule has 2 heteroatoms. The Morgan fingerprint density at radius 2 is 1.75 bits per heavy atom. The van der Waals surface area contributed by atoms with E-state index in [1.807, 2.05) is 0 Å². The molecule has 0 atom stereocenters. The Bertz CT molecular complexity index is 452. The van der Waals surface area contributed by atoms with Crippen molar-refractivity contribution >= 4 is 21.6 Å². The van der Waals surface area contributed by atoms with Gasteiger partial charge in [0, 0.05) is 24.1 Å². The summed E-state index contributed by atoms with van der Waals surface area (Å²) in [6, 6.07) is 6.91. The number of aryl methyl sites for hydroxylation is 1. The molecule has 20 heavy (non-hydrogen) atoms. The minimum atomic E-state index is 0.702. The van der Waals surface area contributed by atoms with Crippen LogP contribution in [0.3, 0.4) is 0 Å². The van der Waals surface area contributed by atoms with Crippen LogP contribution in [-0.2, 0) is 5.33 Å². The van der Waals surface area contributed by atoms with Crippen molar-refractivity contribution in [2.24, 2.45) is 5.41 Å². The van der Waals surface area contributed by atoms with Crippen molar-refractivity contribution in [3.63, 3.8) is 0 Å². The predicted octanol–water partition coefficient (Wildman–Crippen LogP) is 5.44. The highest BCUT2D eigenvalue weighted by molar-refractivity contribution is 9.08. The van der Waals surface area contributed by atoms with Gasteiger partial charge in [-0.1, -0.05) is 52.9 Å². The molecular formula is C18H26BrN. The average Bonchev–Trinajstić information content (AvgIpc) is 2.49. The molecule has 0 aromatic heterocycles. The molecule has 1 aliphatic carbocycles. The third kappa shape index (κ3) is 2.90. The molecule has 0 radical (unpaired) electrons. The van der Waals surface area contributed by atoms with E-state index in [-0.39, 0.29) is 0 Å². The Morgan fingerprint density at radius 3 is 2.40 bits per heavy atom. The van der Waals surface area contributed by atoms with E-state index in [1.54, 1.807) is 0 Å². The van der Waals surface area contributed by atoms with Crippen molar-refractivity contribution in [1.82, 2.24) is 0 Å². The second-order valence-electron chi connectivity index (χ2n) is 6.81. The Labute approximate surface area is 131 Å². The highest BCUT2D eigenvalue weighted by Gasteiger charge is 2.35. The third-order valence-corrected chi connectivity index (χ3v) is 6.06. The van der Waals surface area contributed by atoms with Crippen LogP contribution in [0.15, 0.2) is 18.2 Å². The maximum atomic E-state index is 3.65. The average molecular weight is 336 g/mol. The maximum absolute atomic E-state index is 3.65. The Morgan fingerprint density at radius 1 is 1.05 bits per heavy atom. The van der Waals surface area contributed by atoms with Crippen LogP contribution in [0.25, 0.3) is 0 Å². The number of nitrogens with zero attached hydrogens (tertiary/aromatic N) is 1. The largest absolute Gasteiger partial charge is 0.371 e. The summed E-state index contributed by atoms with van der Waals surface area (Å²) in [6.45, 7) is 4.69. The standard InChI is InChI=1S/C18H26BrN/c1-15-5-6-17(16(13-15)14-19)20-11-9-18(10-12-20)7-3-2-4-8-18/h5-6,13H,2-4,7-12,14H2,1H3. The summed E-state index contributed by atoms with van der Waals surface area (Å²) < 4.78 is 0. The van der Waals surface area contributed by atoms with E-state index < -0.39 is 0 Å². The van der Waals surface area contributed by atoms with E-state index >= 15 is 0 Å². The summed E-state index contributed by atoms with van der Waals surface area (Å²) in [4.78, 5) is 2.62. The molecule has 1 spiro atoms. The fourth-order valence-corrected chi connectivity index (χ4v) is 4.60. The van der Waals surface area contributed by atoms with Crippen LogP contribution >= 0.6 is 15.9 Å². The first-order valence-electron chi connectivity index (χ1n) is 8.13. The molecule has 1 aromatic rings. The molecule has 2 fully saturated rings. The molecule has 1 heterocycles. The monoisotopic (exact) mass is 335 g/mol. The molecular weight excluding hydrogens is 310 g/mol. The zero-order valence-corrected chi connectivity index (χ0v) is 14.2. The molecule has 0 bridgehead atoms. The number of hydrogen-bond donors (Lipinski definition) is 0. The van der Waals surface area contributed by atoms with Crippen LogP contribution in [-0.4, -0.2) is 13.1 Å².